The quantitative estimate of drug-likeness (QED) is 0.829. The number of anilines is 1. The summed E-state index contributed by atoms with van der Waals surface area (Å²) in [5.41, 5.74) is 7.62. The average Bonchev–Trinajstić information content (AvgIpc) is 2.63. The average molecular weight is 374 g/mol. The highest BCUT2D eigenvalue weighted by atomic mass is 79.9. The zero-order chi connectivity index (χ0) is 13.5. The highest BCUT2D eigenvalue weighted by molar-refractivity contribution is 9.11. The van der Waals surface area contributed by atoms with E-state index in [4.69, 9.17) is 5.73 Å². The molecule has 1 heterocycles. The topological polar surface area (TPSA) is 56.7 Å². The monoisotopic (exact) mass is 372 g/mol. The van der Waals surface area contributed by atoms with Crippen LogP contribution in [0.15, 0.2) is 27.1 Å². The van der Waals surface area contributed by atoms with Crippen LogP contribution < -0.4 is 5.73 Å². The number of hydrogen-bond acceptors (Lipinski definition) is 3. The summed E-state index contributed by atoms with van der Waals surface area (Å²) in [5, 5.41) is 8.13. The van der Waals surface area contributed by atoms with Gasteiger partial charge in [0.1, 0.15) is 0 Å². The van der Waals surface area contributed by atoms with Gasteiger partial charge in [0.2, 0.25) is 0 Å². The summed E-state index contributed by atoms with van der Waals surface area (Å²) in [6.07, 6.45) is 0. The first kappa shape index (κ1) is 13.5. The van der Waals surface area contributed by atoms with Gasteiger partial charge in [-0.1, -0.05) is 41.9 Å². The summed E-state index contributed by atoms with van der Waals surface area (Å²) in [4.78, 5) is 0. The Morgan fingerprint density at radius 2 is 1.89 bits per heavy atom. The molecule has 2 rings (SSSR count). The Hall–Kier alpha value is -0.880. The van der Waals surface area contributed by atoms with E-state index < -0.39 is 0 Å². The molecule has 0 atom stereocenters. The maximum atomic E-state index is 5.93. The molecule has 0 radical (unpaired) electrons. The van der Waals surface area contributed by atoms with Crippen LogP contribution in [0.3, 0.4) is 0 Å². The third-order valence-electron chi connectivity index (χ3n) is 2.54. The molecule has 0 bridgehead atoms. The first-order chi connectivity index (χ1) is 8.30. The fraction of sp³-hybridized carbons (Fsp3) is 0.333. The number of hydrogen-bond donors (Lipinski definition) is 1. The molecule has 1 aromatic heterocycles. The molecule has 2 aromatic rings. The minimum absolute atomic E-state index is 0.130. The Bertz CT molecular complexity index is 584. The van der Waals surface area contributed by atoms with Gasteiger partial charge in [-0.15, -0.1) is 5.10 Å². The third kappa shape index (κ3) is 2.44. The van der Waals surface area contributed by atoms with Crippen molar-refractivity contribution >= 4 is 37.7 Å². The molecule has 4 nitrogen and oxygen atoms in total. The molecule has 2 N–H and O–H groups in total. The van der Waals surface area contributed by atoms with Crippen LogP contribution in [0.2, 0.25) is 0 Å². The molecule has 18 heavy (non-hydrogen) atoms. The van der Waals surface area contributed by atoms with Crippen molar-refractivity contribution in [3.63, 3.8) is 0 Å². The predicted octanol–water partition coefficient (Wildman–Crippen LogP) is 3.67. The van der Waals surface area contributed by atoms with E-state index in [-0.39, 0.29) is 5.41 Å². The summed E-state index contributed by atoms with van der Waals surface area (Å²) < 4.78 is 3.71. The Labute approximate surface area is 123 Å². The van der Waals surface area contributed by atoms with Crippen LogP contribution in [0.25, 0.3) is 5.69 Å². The van der Waals surface area contributed by atoms with Crippen molar-refractivity contribution < 1.29 is 0 Å². The highest BCUT2D eigenvalue weighted by Crippen LogP contribution is 2.32. The molecule has 0 saturated carbocycles. The van der Waals surface area contributed by atoms with Gasteiger partial charge in [0.05, 0.1) is 11.4 Å². The van der Waals surface area contributed by atoms with Gasteiger partial charge in [-0.05, 0) is 34.1 Å². The van der Waals surface area contributed by atoms with Gasteiger partial charge >= 0.3 is 0 Å². The second kappa shape index (κ2) is 4.66. The van der Waals surface area contributed by atoms with Crippen molar-refractivity contribution in [1.82, 2.24) is 15.0 Å². The minimum Gasteiger partial charge on any atom is -0.381 e. The van der Waals surface area contributed by atoms with Gasteiger partial charge in [0.15, 0.2) is 5.82 Å². The molecule has 0 aliphatic carbocycles. The van der Waals surface area contributed by atoms with E-state index in [1.807, 2.05) is 18.2 Å². The van der Waals surface area contributed by atoms with Crippen LogP contribution in [-0.4, -0.2) is 15.0 Å². The van der Waals surface area contributed by atoms with E-state index in [1.54, 1.807) is 4.68 Å². The Kier molecular flexibility index (Phi) is 3.51. The van der Waals surface area contributed by atoms with E-state index in [2.05, 4.69) is 62.9 Å². The van der Waals surface area contributed by atoms with Crippen LogP contribution in [0, 0.1) is 0 Å². The lowest BCUT2D eigenvalue weighted by atomic mass is 9.91. The number of nitrogen functional groups attached to an aromatic ring is 1. The molecule has 96 valence electrons. The standard InChI is InChI=1S/C12H14Br2N4/c1-12(2,3)10-11(15)16-17-18(10)9-6-7(13)4-5-8(9)14/h4-6H,15H2,1-3H3. The Morgan fingerprint density at radius 1 is 1.22 bits per heavy atom. The van der Waals surface area contributed by atoms with Gasteiger partial charge in [0, 0.05) is 14.4 Å². The van der Waals surface area contributed by atoms with Crippen molar-refractivity contribution in [2.24, 2.45) is 0 Å². The Morgan fingerprint density at radius 3 is 2.50 bits per heavy atom. The number of benzene rings is 1. The molecular formula is C12H14Br2N4. The van der Waals surface area contributed by atoms with Crippen LogP contribution in [-0.2, 0) is 5.41 Å². The number of rotatable bonds is 1. The number of nitrogens with zero attached hydrogens (tertiary/aromatic N) is 3. The molecular weight excluding hydrogens is 360 g/mol. The van der Waals surface area contributed by atoms with Crippen LogP contribution >= 0.6 is 31.9 Å². The van der Waals surface area contributed by atoms with Gasteiger partial charge in [0.25, 0.3) is 0 Å². The molecule has 0 aliphatic heterocycles. The molecule has 0 fully saturated rings. The van der Waals surface area contributed by atoms with E-state index in [0.29, 0.717) is 5.82 Å². The SMILES string of the molecule is CC(C)(C)c1c(N)nnn1-c1cc(Br)ccc1Br. The molecule has 6 heteroatoms. The maximum absolute atomic E-state index is 5.93. The van der Waals surface area contributed by atoms with E-state index in [1.165, 1.54) is 0 Å². The van der Waals surface area contributed by atoms with E-state index >= 15 is 0 Å². The van der Waals surface area contributed by atoms with Crippen molar-refractivity contribution in [3.8, 4) is 5.69 Å². The Balaban J connectivity index is 2.69. The van der Waals surface area contributed by atoms with Crippen LogP contribution in [0.5, 0.6) is 0 Å². The molecule has 0 spiro atoms. The molecule has 0 saturated heterocycles. The summed E-state index contributed by atoms with van der Waals surface area (Å²) >= 11 is 6.99. The minimum atomic E-state index is -0.130. The number of halogens is 2. The zero-order valence-corrected chi connectivity index (χ0v) is 13.6. The lowest BCUT2D eigenvalue weighted by molar-refractivity contribution is 0.544. The molecule has 0 aliphatic rings. The van der Waals surface area contributed by atoms with Crippen molar-refractivity contribution in [2.75, 3.05) is 5.73 Å². The normalized spacial score (nSPS) is 11.8. The number of nitrogens with two attached hydrogens (primary N) is 1. The lowest BCUT2D eigenvalue weighted by Crippen LogP contribution is -2.19. The molecule has 0 unspecified atom stereocenters. The lowest BCUT2D eigenvalue weighted by Gasteiger charge is -2.20. The fourth-order valence-electron chi connectivity index (χ4n) is 1.81. The van der Waals surface area contributed by atoms with Gasteiger partial charge in [-0.25, -0.2) is 4.68 Å². The van der Waals surface area contributed by atoms with Crippen LogP contribution in [0.4, 0.5) is 5.82 Å². The number of aromatic nitrogens is 3. The fourth-order valence-corrected chi connectivity index (χ4v) is 2.58. The van der Waals surface area contributed by atoms with Crippen molar-refractivity contribution in [2.45, 2.75) is 26.2 Å². The van der Waals surface area contributed by atoms with Gasteiger partial charge in [-0.2, -0.15) is 0 Å². The summed E-state index contributed by atoms with van der Waals surface area (Å²) in [5.74, 6) is 0.467. The van der Waals surface area contributed by atoms with Gasteiger partial charge < -0.3 is 5.73 Å². The second-order valence-electron chi connectivity index (χ2n) is 5.08. The third-order valence-corrected chi connectivity index (χ3v) is 3.71. The van der Waals surface area contributed by atoms with Gasteiger partial charge in [-0.3, -0.25) is 0 Å². The summed E-state index contributed by atoms with van der Waals surface area (Å²) in [6.45, 7) is 6.26. The summed E-state index contributed by atoms with van der Waals surface area (Å²) in [7, 11) is 0. The maximum Gasteiger partial charge on any atom is 0.170 e. The predicted molar refractivity (Wildman–Crippen MR) is 79.9 cm³/mol. The first-order valence-corrected chi connectivity index (χ1v) is 7.06. The first-order valence-electron chi connectivity index (χ1n) is 5.48. The zero-order valence-electron chi connectivity index (χ0n) is 10.4. The van der Waals surface area contributed by atoms with Crippen molar-refractivity contribution in [3.05, 3.63) is 32.8 Å². The highest BCUT2D eigenvalue weighted by Gasteiger charge is 2.25. The van der Waals surface area contributed by atoms with Crippen LogP contribution in [0.1, 0.15) is 26.5 Å². The largest absolute Gasteiger partial charge is 0.381 e. The second-order valence-corrected chi connectivity index (χ2v) is 6.85. The summed E-state index contributed by atoms with van der Waals surface area (Å²) in [6, 6.07) is 5.90. The van der Waals surface area contributed by atoms with Crippen molar-refractivity contribution in [1.29, 1.82) is 0 Å². The van der Waals surface area contributed by atoms with E-state index in [9.17, 15) is 0 Å². The molecule has 1 aromatic carbocycles. The molecule has 0 amide bonds. The smallest absolute Gasteiger partial charge is 0.170 e. The van der Waals surface area contributed by atoms with E-state index in [0.717, 1.165) is 20.3 Å².